The highest BCUT2D eigenvalue weighted by Crippen LogP contribution is 2.43. The number of thiazole rings is 1. The number of cyclic esters (lactones) is 1. The molecule has 4 rings (SSSR count). The van der Waals surface area contributed by atoms with E-state index in [4.69, 9.17) is 84.1 Å². The molecule has 35 heavy (non-hydrogen) atoms. The van der Waals surface area contributed by atoms with E-state index >= 15 is 0 Å². The third-order valence-corrected chi connectivity index (χ3v) is 6.45. The Kier molecular flexibility index (Phi) is 9.13. The van der Waals surface area contributed by atoms with E-state index in [-0.39, 0.29) is 11.6 Å². The van der Waals surface area contributed by atoms with Crippen molar-refractivity contribution in [3.05, 3.63) is 27.5 Å². The number of ether oxygens (including phenoxy) is 4. The number of fused-ring (bicyclic) bond motifs is 3. The molecule has 1 aromatic carbocycles. The topological polar surface area (TPSA) is 87.2 Å². The number of halogens is 7. The van der Waals surface area contributed by atoms with E-state index in [1.807, 2.05) is 32.0 Å². The van der Waals surface area contributed by atoms with E-state index in [2.05, 4.69) is 25.4 Å². The lowest BCUT2D eigenvalue weighted by molar-refractivity contribution is 0.0508. The Morgan fingerprint density at radius 2 is 1.77 bits per heavy atom. The van der Waals surface area contributed by atoms with Crippen LogP contribution in [0.3, 0.4) is 0 Å². The van der Waals surface area contributed by atoms with Gasteiger partial charge in [-0.2, -0.15) is 0 Å². The lowest BCUT2D eigenvalue weighted by Gasteiger charge is -2.24. The largest absolute Gasteiger partial charge is 0.515 e. The molecule has 16 heteroatoms. The van der Waals surface area contributed by atoms with Crippen LogP contribution in [0.5, 0.6) is 5.75 Å². The molecule has 1 saturated heterocycles. The Bertz CT molecular complexity index is 1100. The minimum Gasteiger partial charge on any atom is -0.492 e. The van der Waals surface area contributed by atoms with Crippen molar-refractivity contribution in [1.82, 2.24) is 4.98 Å². The maximum absolute atomic E-state index is 12.1. The van der Waals surface area contributed by atoms with Crippen molar-refractivity contribution in [2.75, 3.05) is 18.1 Å². The monoisotopic (exact) mass is 688 g/mol. The molecule has 8 nitrogen and oxygen atoms in total. The number of carbonyl (C=O) groups excluding carboxylic acids is 2. The second-order valence-electron chi connectivity index (χ2n) is 7.56. The van der Waals surface area contributed by atoms with Crippen LogP contribution >= 0.6 is 96.9 Å². The van der Waals surface area contributed by atoms with E-state index in [0.29, 0.717) is 18.3 Å². The third-order valence-electron chi connectivity index (χ3n) is 4.40. The van der Waals surface area contributed by atoms with Crippen molar-refractivity contribution >= 4 is 114 Å². The van der Waals surface area contributed by atoms with Gasteiger partial charge in [-0.25, -0.2) is 19.5 Å². The van der Waals surface area contributed by atoms with Crippen molar-refractivity contribution in [3.63, 3.8) is 0 Å². The summed E-state index contributed by atoms with van der Waals surface area (Å²) in [4.78, 5) is 30.2. The lowest BCUT2D eigenvalue weighted by atomic mass is 10.1. The van der Waals surface area contributed by atoms with Gasteiger partial charge in [0.2, 0.25) is 0 Å². The smallest absolute Gasteiger partial charge is 0.492 e. The molecule has 0 unspecified atom stereocenters. The molecule has 1 aromatic heterocycles. The first-order valence-electron chi connectivity index (χ1n) is 9.50. The molecule has 3 heterocycles. The number of benzene rings is 1. The first-order valence-corrected chi connectivity index (χ1v) is 13.4. The van der Waals surface area contributed by atoms with Crippen LogP contribution in [0.1, 0.15) is 18.7 Å². The number of alkyl halides is 6. The first kappa shape index (κ1) is 29.0. The fraction of sp³-hybridized carbons (Fsp3) is 0.421. The molecule has 0 bridgehead atoms. The number of aromatic nitrogens is 1. The maximum atomic E-state index is 12.1. The lowest BCUT2D eigenvalue weighted by Crippen LogP contribution is -2.42. The second kappa shape index (κ2) is 11.0. The second-order valence-corrected chi connectivity index (χ2v) is 13.9. The van der Waals surface area contributed by atoms with E-state index in [1.165, 1.54) is 0 Å². The fourth-order valence-corrected chi connectivity index (χ4v) is 4.97. The zero-order valence-corrected chi connectivity index (χ0v) is 24.7. The summed E-state index contributed by atoms with van der Waals surface area (Å²) >= 11 is 35.2. The van der Waals surface area contributed by atoms with E-state index in [9.17, 15) is 9.59 Å². The molecule has 2 aromatic rings. The number of amides is 1. The molecule has 0 aliphatic carbocycles. The number of rotatable bonds is 1. The zero-order valence-electron chi connectivity index (χ0n) is 17.8. The minimum absolute atomic E-state index is 0.328. The molecular formula is C19H15BrCl6N2O6S. The van der Waals surface area contributed by atoms with Gasteiger partial charge >= 0.3 is 20.2 Å². The molecule has 0 radical (unpaired) electrons. The molecule has 192 valence electrons. The van der Waals surface area contributed by atoms with Crippen LogP contribution < -0.4 is 9.64 Å². The van der Waals surface area contributed by atoms with Gasteiger partial charge in [-0.3, -0.25) is 0 Å². The quantitative estimate of drug-likeness (QED) is 0.221. The van der Waals surface area contributed by atoms with Crippen LogP contribution in [0.15, 0.2) is 22.7 Å². The van der Waals surface area contributed by atoms with Gasteiger partial charge < -0.3 is 18.9 Å². The van der Waals surface area contributed by atoms with Gasteiger partial charge in [0.25, 0.3) is 0 Å². The zero-order chi connectivity index (χ0) is 26.2. The Hall–Kier alpha value is -0.590. The Balaban J connectivity index is 0.000000245. The molecular weight excluding hydrogens is 677 g/mol. The summed E-state index contributed by atoms with van der Waals surface area (Å²) in [6.07, 6.45) is -0.955. The van der Waals surface area contributed by atoms with Gasteiger partial charge in [0.15, 0.2) is 5.13 Å². The van der Waals surface area contributed by atoms with Crippen LogP contribution in [0.2, 0.25) is 0 Å². The molecule has 1 fully saturated rings. The number of nitrogens with zero attached hydrogens (tertiary/aromatic N) is 2. The highest BCUT2D eigenvalue weighted by molar-refractivity contribution is 9.10. The standard InChI is InChI=1S/C16H15BrN2O3S.C3Cl6O3/c1-16(2)8-22-15(20)19(16)14-18-13-10-4-3-9(17)7-11(10)21-6-5-12(13)23-14;4-2(5,6)11-1(10)12-3(7,8)9/h3-4,7H,5-6,8H2,1-2H3;. The molecule has 1 amide bonds. The molecule has 2 aliphatic rings. The summed E-state index contributed by atoms with van der Waals surface area (Å²) in [5.74, 6) is 0.818. The van der Waals surface area contributed by atoms with E-state index < -0.39 is 14.1 Å². The number of carbonyl (C=O) groups is 2. The van der Waals surface area contributed by atoms with Crippen LogP contribution in [-0.2, 0) is 20.6 Å². The van der Waals surface area contributed by atoms with Crippen molar-refractivity contribution < 1.29 is 28.5 Å². The summed E-state index contributed by atoms with van der Waals surface area (Å²) in [6, 6.07) is 5.93. The third kappa shape index (κ3) is 7.95. The normalized spacial score (nSPS) is 16.6. The number of hydrogen-bond donors (Lipinski definition) is 0. The van der Waals surface area contributed by atoms with Gasteiger partial charge in [-0.1, -0.05) is 15.9 Å². The van der Waals surface area contributed by atoms with Crippen LogP contribution in [0, 0.1) is 0 Å². The SMILES string of the molecule is CC1(C)COC(=O)N1c1nc2c(s1)CCOc1cc(Br)ccc1-2.O=C(OC(Cl)(Cl)Cl)OC(Cl)(Cl)Cl. The summed E-state index contributed by atoms with van der Waals surface area (Å²) in [5, 5.41) is 0.693. The van der Waals surface area contributed by atoms with Gasteiger partial charge in [-0.05, 0) is 102 Å². The number of hydrogen-bond acceptors (Lipinski definition) is 8. The molecule has 0 N–H and O–H groups in total. The predicted molar refractivity (Wildman–Crippen MR) is 141 cm³/mol. The van der Waals surface area contributed by atoms with E-state index in [1.54, 1.807) is 16.2 Å². The van der Waals surface area contributed by atoms with Crippen LogP contribution in [0.4, 0.5) is 14.7 Å². The highest BCUT2D eigenvalue weighted by atomic mass is 79.9. The summed E-state index contributed by atoms with van der Waals surface area (Å²) in [7, 11) is 0. The van der Waals surface area contributed by atoms with Crippen LogP contribution in [-0.4, -0.2) is 43.9 Å². The predicted octanol–water partition coefficient (Wildman–Crippen LogP) is 8.04. The molecule has 2 aliphatic heterocycles. The van der Waals surface area contributed by atoms with Gasteiger partial charge in [0.05, 0.1) is 17.8 Å². The fourth-order valence-electron chi connectivity index (χ4n) is 3.04. The van der Waals surface area contributed by atoms with E-state index in [0.717, 1.165) is 32.8 Å². The average Bonchev–Trinajstić information content (AvgIpc) is 3.13. The number of anilines is 1. The Labute approximate surface area is 242 Å². The molecule has 0 saturated carbocycles. The minimum atomic E-state index is -2.24. The first-order chi connectivity index (χ1) is 16.1. The van der Waals surface area contributed by atoms with Crippen molar-refractivity contribution in [1.29, 1.82) is 0 Å². The molecule has 0 atom stereocenters. The summed E-state index contributed by atoms with van der Waals surface area (Å²) < 4.78 is 15.5. The van der Waals surface area contributed by atoms with Crippen molar-refractivity contribution in [2.24, 2.45) is 0 Å². The van der Waals surface area contributed by atoms with Crippen LogP contribution in [0.25, 0.3) is 11.3 Å². The Morgan fingerprint density at radius 1 is 1.14 bits per heavy atom. The van der Waals surface area contributed by atoms with Crippen molar-refractivity contribution in [2.45, 2.75) is 33.8 Å². The van der Waals surface area contributed by atoms with Crippen molar-refractivity contribution in [3.8, 4) is 17.0 Å². The highest BCUT2D eigenvalue weighted by Gasteiger charge is 2.43. The average molecular weight is 692 g/mol. The van der Waals surface area contributed by atoms with Gasteiger partial charge in [-0.15, -0.1) is 11.3 Å². The Morgan fingerprint density at radius 3 is 2.31 bits per heavy atom. The van der Waals surface area contributed by atoms with Gasteiger partial charge in [0, 0.05) is 21.3 Å². The summed E-state index contributed by atoms with van der Waals surface area (Å²) in [5.41, 5.74) is 1.49. The van der Waals surface area contributed by atoms with Gasteiger partial charge in [0.1, 0.15) is 12.4 Å². The molecule has 0 spiro atoms. The maximum Gasteiger partial charge on any atom is 0.515 e. The summed E-state index contributed by atoms with van der Waals surface area (Å²) in [6.45, 7) is 4.95.